The summed E-state index contributed by atoms with van der Waals surface area (Å²) in [7, 11) is 0. The van der Waals surface area contributed by atoms with Crippen molar-refractivity contribution in [2.75, 3.05) is 5.32 Å². The molecule has 6 heteroatoms. The number of nitrogens with one attached hydrogen (secondary N) is 1. The van der Waals surface area contributed by atoms with Crippen molar-refractivity contribution in [2.45, 2.75) is 12.6 Å². The van der Waals surface area contributed by atoms with Crippen molar-refractivity contribution < 1.29 is 22.4 Å². The highest BCUT2D eigenvalue weighted by atomic mass is 19.4. The van der Waals surface area contributed by atoms with E-state index >= 15 is 0 Å². The molecule has 0 aliphatic carbocycles. The van der Waals surface area contributed by atoms with E-state index in [1.165, 1.54) is 6.07 Å². The molecule has 2 aromatic carbocycles. The van der Waals surface area contributed by atoms with Gasteiger partial charge in [0.25, 0.3) is 0 Å². The van der Waals surface area contributed by atoms with Gasteiger partial charge < -0.3 is 9.73 Å². The lowest BCUT2D eigenvalue weighted by molar-refractivity contribution is -0.150. The summed E-state index contributed by atoms with van der Waals surface area (Å²) in [5.74, 6) is -0.442. The summed E-state index contributed by atoms with van der Waals surface area (Å²) in [6.45, 7) is 0. The van der Waals surface area contributed by atoms with E-state index in [1.54, 1.807) is 18.2 Å². The third-order valence-electron chi connectivity index (χ3n) is 3.22. The van der Waals surface area contributed by atoms with Crippen molar-refractivity contribution in [2.24, 2.45) is 0 Å². The van der Waals surface area contributed by atoms with Crippen LogP contribution in [0.3, 0.4) is 0 Å². The first-order valence-corrected chi connectivity index (χ1v) is 6.86. The number of hydrogen-bond acceptors (Lipinski definition) is 2. The van der Waals surface area contributed by atoms with Crippen LogP contribution in [0.4, 0.5) is 18.9 Å². The Kier molecular flexibility index (Phi) is 3.82. The number of amides is 1. The minimum atomic E-state index is -4.52. The van der Waals surface area contributed by atoms with Gasteiger partial charge in [0, 0.05) is 16.6 Å². The number of alkyl halides is 3. The minimum absolute atomic E-state index is 0.298. The lowest BCUT2D eigenvalue weighted by atomic mass is 10.1. The summed E-state index contributed by atoms with van der Waals surface area (Å²) >= 11 is 0. The fraction of sp³-hybridized carbons (Fsp3) is 0.118. The fourth-order valence-corrected chi connectivity index (χ4v) is 2.25. The molecule has 3 aromatic rings. The molecule has 0 saturated carbocycles. The van der Waals surface area contributed by atoms with Crippen molar-refractivity contribution in [3.63, 3.8) is 0 Å². The average Bonchev–Trinajstić information content (AvgIpc) is 2.89. The Hall–Kier alpha value is -2.76. The van der Waals surface area contributed by atoms with Crippen molar-refractivity contribution in [3.05, 3.63) is 54.6 Å². The highest BCUT2D eigenvalue weighted by Crippen LogP contribution is 2.29. The van der Waals surface area contributed by atoms with Crippen molar-refractivity contribution in [1.29, 1.82) is 0 Å². The van der Waals surface area contributed by atoms with Gasteiger partial charge in [-0.2, -0.15) is 13.2 Å². The van der Waals surface area contributed by atoms with Crippen molar-refractivity contribution >= 4 is 22.6 Å². The van der Waals surface area contributed by atoms with Gasteiger partial charge in [0.15, 0.2) is 0 Å². The average molecular weight is 319 g/mol. The Morgan fingerprint density at radius 1 is 1.04 bits per heavy atom. The van der Waals surface area contributed by atoms with Gasteiger partial charge in [-0.05, 0) is 24.3 Å². The standard InChI is InChI=1S/C17H12F3NO2/c18-17(19,20)10-16(22)21-13-6-7-14-12(8-13)9-15(23-14)11-4-2-1-3-5-11/h1-9H,10H2,(H,21,22). The molecule has 3 rings (SSSR count). The van der Waals surface area contributed by atoms with E-state index < -0.39 is 18.5 Å². The molecular formula is C17H12F3NO2. The van der Waals surface area contributed by atoms with Crippen molar-refractivity contribution in [3.8, 4) is 11.3 Å². The molecule has 0 aliphatic heterocycles. The summed E-state index contributed by atoms with van der Waals surface area (Å²) in [5.41, 5.74) is 1.79. The summed E-state index contributed by atoms with van der Waals surface area (Å²) in [5, 5.41) is 2.94. The molecule has 0 saturated heterocycles. The van der Waals surface area contributed by atoms with Crippen LogP contribution in [0.15, 0.2) is 59.0 Å². The number of carbonyl (C=O) groups is 1. The molecule has 118 valence electrons. The zero-order valence-electron chi connectivity index (χ0n) is 11.9. The van der Waals surface area contributed by atoms with Gasteiger partial charge in [-0.25, -0.2) is 0 Å². The van der Waals surface area contributed by atoms with Gasteiger partial charge >= 0.3 is 6.18 Å². The van der Waals surface area contributed by atoms with Gasteiger partial charge in [-0.15, -0.1) is 0 Å². The molecule has 3 nitrogen and oxygen atoms in total. The van der Waals surface area contributed by atoms with Gasteiger partial charge in [0.2, 0.25) is 5.91 Å². The number of hydrogen-bond donors (Lipinski definition) is 1. The number of anilines is 1. The molecule has 0 radical (unpaired) electrons. The second kappa shape index (κ2) is 5.79. The third-order valence-corrected chi connectivity index (χ3v) is 3.22. The highest BCUT2D eigenvalue weighted by molar-refractivity contribution is 5.94. The van der Waals surface area contributed by atoms with Crippen LogP contribution in [0, 0.1) is 0 Å². The van der Waals surface area contributed by atoms with Crippen molar-refractivity contribution in [1.82, 2.24) is 0 Å². The predicted octanol–water partition coefficient (Wildman–Crippen LogP) is 4.99. The minimum Gasteiger partial charge on any atom is -0.456 e. The number of rotatable bonds is 3. The lowest BCUT2D eigenvalue weighted by Crippen LogP contribution is -2.21. The molecule has 0 fully saturated rings. The molecule has 23 heavy (non-hydrogen) atoms. The quantitative estimate of drug-likeness (QED) is 0.739. The number of carbonyl (C=O) groups excluding carboxylic acids is 1. The molecule has 0 aliphatic rings. The van der Waals surface area contributed by atoms with E-state index in [0.29, 0.717) is 22.4 Å². The maximum Gasteiger partial charge on any atom is 0.397 e. The SMILES string of the molecule is O=C(CC(F)(F)F)Nc1ccc2oc(-c3ccccc3)cc2c1. The van der Waals surface area contributed by atoms with Gasteiger partial charge in [0.1, 0.15) is 17.8 Å². The molecule has 0 spiro atoms. The van der Waals surface area contributed by atoms with E-state index in [0.717, 1.165) is 5.56 Å². The topological polar surface area (TPSA) is 42.2 Å². The second-order valence-electron chi connectivity index (χ2n) is 5.07. The Bertz CT molecular complexity index is 838. The monoisotopic (exact) mass is 319 g/mol. The largest absolute Gasteiger partial charge is 0.456 e. The smallest absolute Gasteiger partial charge is 0.397 e. The van der Waals surface area contributed by atoms with Gasteiger partial charge in [0.05, 0.1) is 0 Å². The first-order chi connectivity index (χ1) is 10.9. The molecule has 1 aromatic heterocycles. The van der Waals surface area contributed by atoms with Crippen LogP contribution in [0.1, 0.15) is 6.42 Å². The molecular weight excluding hydrogens is 307 g/mol. The van der Waals surface area contributed by atoms with E-state index in [9.17, 15) is 18.0 Å². The molecule has 0 atom stereocenters. The third kappa shape index (κ3) is 3.71. The molecule has 1 heterocycles. The highest BCUT2D eigenvalue weighted by Gasteiger charge is 2.31. The first-order valence-electron chi connectivity index (χ1n) is 6.86. The first kappa shape index (κ1) is 15.1. The van der Waals surface area contributed by atoms with E-state index in [4.69, 9.17) is 4.42 Å². The Balaban J connectivity index is 1.84. The predicted molar refractivity (Wildman–Crippen MR) is 81.0 cm³/mol. The summed E-state index contributed by atoms with van der Waals surface area (Å²) in [6.07, 6.45) is -6.03. The molecule has 0 unspecified atom stereocenters. The van der Waals surface area contributed by atoms with Crippen LogP contribution in [-0.4, -0.2) is 12.1 Å². The van der Waals surface area contributed by atoms with Gasteiger partial charge in [-0.3, -0.25) is 4.79 Å². The van der Waals surface area contributed by atoms with Crippen LogP contribution in [0.2, 0.25) is 0 Å². The fourth-order valence-electron chi connectivity index (χ4n) is 2.25. The summed E-state index contributed by atoms with van der Waals surface area (Å²) in [6, 6.07) is 15.9. The zero-order valence-corrected chi connectivity index (χ0v) is 11.9. The number of furan rings is 1. The van der Waals surface area contributed by atoms with Crippen LogP contribution in [0.25, 0.3) is 22.3 Å². The number of benzene rings is 2. The number of fused-ring (bicyclic) bond motifs is 1. The molecule has 1 amide bonds. The maximum absolute atomic E-state index is 12.2. The van der Waals surface area contributed by atoms with E-state index in [1.807, 2.05) is 30.3 Å². The summed E-state index contributed by atoms with van der Waals surface area (Å²) in [4.78, 5) is 11.3. The molecule has 1 N–H and O–H groups in total. The Morgan fingerprint density at radius 2 is 1.78 bits per heavy atom. The second-order valence-corrected chi connectivity index (χ2v) is 5.07. The normalized spacial score (nSPS) is 11.6. The van der Waals surface area contributed by atoms with E-state index in [-0.39, 0.29) is 0 Å². The van der Waals surface area contributed by atoms with Crippen LogP contribution in [-0.2, 0) is 4.79 Å². The van der Waals surface area contributed by atoms with Crippen LogP contribution >= 0.6 is 0 Å². The Morgan fingerprint density at radius 3 is 2.48 bits per heavy atom. The molecule has 0 bridgehead atoms. The maximum atomic E-state index is 12.2. The van der Waals surface area contributed by atoms with Crippen LogP contribution in [0.5, 0.6) is 0 Å². The van der Waals surface area contributed by atoms with Crippen LogP contribution < -0.4 is 5.32 Å². The summed E-state index contributed by atoms with van der Waals surface area (Å²) < 4.78 is 42.2. The lowest BCUT2D eigenvalue weighted by Gasteiger charge is -2.07. The zero-order chi connectivity index (χ0) is 16.4. The van der Waals surface area contributed by atoms with E-state index in [2.05, 4.69) is 5.32 Å². The van der Waals surface area contributed by atoms with Gasteiger partial charge in [-0.1, -0.05) is 30.3 Å². The number of halogens is 3. The Labute approximate surface area is 129 Å².